The van der Waals surface area contributed by atoms with Crippen molar-refractivity contribution < 1.29 is 30.0 Å². The average molecular weight is 1450 g/mol. The lowest BCUT2D eigenvalue weighted by molar-refractivity contribution is -0.144. The van der Waals surface area contributed by atoms with Crippen LogP contribution in [0.4, 0.5) is 0 Å². The molecular weight excluding hydrogens is 1290 g/mol. The number of nitrogens with zero attached hydrogens (tertiary/aromatic N) is 4. The Morgan fingerprint density at radius 1 is 0.337 bits per heavy atom. The number of esters is 1. The van der Waals surface area contributed by atoms with Crippen LogP contribution in [0.1, 0.15) is 342 Å². The number of rotatable bonds is 77. The molecule has 1 aliphatic rings. The fourth-order valence-corrected chi connectivity index (χ4v) is 15.3. The monoisotopic (exact) mass is 1450 g/mol. The van der Waals surface area contributed by atoms with Crippen LogP contribution in [0.15, 0.2) is 97.2 Å². The van der Waals surface area contributed by atoms with Crippen molar-refractivity contribution in [2.45, 2.75) is 367 Å². The van der Waals surface area contributed by atoms with E-state index >= 15 is 0 Å². The van der Waals surface area contributed by atoms with Crippen molar-refractivity contribution in [1.82, 2.24) is 19.6 Å². The molecule has 1 aliphatic heterocycles. The Balaban J connectivity index is 2.45. The number of ether oxygens (including phenoxy) is 1. The number of unbranched alkanes of at least 4 members (excludes halogenated alkanes) is 30. The second-order valence-electron chi connectivity index (χ2n) is 29.5. The molecule has 1 rings (SSSR count). The van der Waals surface area contributed by atoms with Gasteiger partial charge in [-0.15, -0.1) is 0 Å². The molecule has 10 nitrogen and oxygen atoms in total. The highest BCUT2D eigenvalue weighted by Gasteiger charge is 2.20. The third-order valence-electron chi connectivity index (χ3n) is 19.6. The lowest BCUT2D eigenvalue weighted by atomic mass is 10.1. The Morgan fingerprint density at radius 3 is 0.931 bits per heavy atom. The van der Waals surface area contributed by atoms with E-state index < -0.39 is 12.2 Å². The summed E-state index contributed by atoms with van der Waals surface area (Å²) < 4.78 is 5.76. The van der Waals surface area contributed by atoms with Gasteiger partial charge in [0.15, 0.2) is 0 Å². The first-order valence-electron chi connectivity index (χ1n) is 42.9. The molecule has 0 aromatic carbocycles. The highest BCUT2D eigenvalue weighted by molar-refractivity contribution is 8.76. The zero-order valence-corrected chi connectivity index (χ0v) is 68.1. The van der Waals surface area contributed by atoms with Crippen LogP contribution in [0.25, 0.3) is 0 Å². The van der Waals surface area contributed by atoms with Crippen molar-refractivity contribution >= 4 is 27.6 Å². The summed E-state index contributed by atoms with van der Waals surface area (Å²) >= 11 is 0. The SMILES string of the molecule is CCCCC/C=C\C/C=C\CCCCCC[C@@H](O)CN(CCCCC(=O)OCCN1CCN(CCSSCCCCN(C[C@@H](O)CCCCCC/C=C\C/C=C\CCCCC)C[C@@H](O)CCCCCC/C=C\C/C=C\CCCCC)CC1)C[C@H](O)CCCCCC/C=C\C/C=C\CCCCC. The summed E-state index contributed by atoms with van der Waals surface area (Å²) in [6.07, 6.45) is 90.5. The molecule has 0 aromatic heterocycles. The van der Waals surface area contributed by atoms with Gasteiger partial charge in [-0.25, -0.2) is 0 Å². The average Bonchev–Trinajstić information content (AvgIpc) is 1.10. The van der Waals surface area contributed by atoms with Crippen molar-refractivity contribution in [3.05, 3.63) is 97.2 Å². The molecule has 0 radical (unpaired) electrons. The lowest BCUT2D eigenvalue weighted by Gasteiger charge is -2.34. The number of carbonyl (C=O) groups is 1. The molecule has 0 aliphatic carbocycles. The van der Waals surface area contributed by atoms with E-state index in [0.717, 1.165) is 205 Å². The zero-order chi connectivity index (χ0) is 72.9. The van der Waals surface area contributed by atoms with E-state index in [0.29, 0.717) is 39.2 Å². The molecule has 0 bridgehead atoms. The lowest BCUT2D eigenvalue weighted by Crippen LogP contribution is -2.47. The first-order chi connectivity index (χ1) is 49.7. The summed E-state index contributed by atoms with van der Waals surface area (Å²) in [5, 5.41) is 44.8. The van der Waals surface area contributed by atoms with Gasteiger partial charge in [-0.2, -0.15) is 0 Å². The smallest absolute Gasteiger partial charge is 0.305 e. The predicted octanol–water partition coefficient (Wildman–Crippen LogP) is 23.2. The minimum atomic E-state index is -0.415. The molecule has 101 heavy (non-hydrogen) atoms. The fourth-order valence-electron chi connectivity index (χ4n) is 13.1. The van der Waals surface area contributed by atoms with Crippen LogP contribution < -0.4 is 0 Å². The van der Waals surface area contributed by atoms with Gasteiger partial charge in [0.25, 0.3) is 0 Å². The maximum atomic E-state index is 12.9. The van der Waals surface area contributed by atoms with E-state index in [1.807, 2.05) is 21.6 Å². The van der Waals surface area contributed by atoms with Crippen LogP contribution in [0.3, 0.4) is 0 Å². The van der Waals surface area contributed by atoms with E-state index in [9.17, 15) is 25.2 Å². The molecule has 0 amide bonds. The normalized spacial score (nSPS) is 15.1. The summed E-state index contributed by atoms with van der Waals surface area (Å²) in [5.41, 5.74) is 0. The van der Waals surface area contributed by atoms with E-state index in [1.54, 1.807) is 0 Å². The molecule has 0 aromatic rings. The summed E-state index contributed by atoms with van der Waals surface area (Å²) in [6.45, 7) is 19.5. The maximum Gasteiger partial charge on any atom is 0.305 e. The molecule has 4 N–H and O–H groups in total. The van der Waals surface area contributed by atoms with E-state index in [2.05, 4.69) is 145 Å². The summed E-state index contributed by atoms with van der Waals surface area (Å²) in [7, 11) is 3.98. The highest BCUT2D eigenvalue weighted by Crippen LogP contribution is 2.24. The summed E-state index contributed by atoms with van der Waals surface area (Å²) in [4.78, 5) is 22.5. The Kier molecular flexibility index (Phi) is 75.5. The first-order valence-corrected chi connectivity index (χ1v) is 45.4. The Hall–Kier alpha value is -2.23. The second kappa shape index (κ2) is 78.8. The van der Waals surface area contributed by atoms with Gasteiger partial charge < -0.3 is 25.2 Å². The minimum Gasteiger partial charge on any atom is -0.464 e. The molecule has 1 fully saturated rings. The molecular formula is C89H164N4O6S2. The standard InChI is InChI=1S/C89H164N4O6S2/c1-5-9-13-17-21-25-29-33-37-41-45-49-53-57-65-85(94)81-92(82-86(95)66-58-54-50-46-42-38-34-30-26-22-18-14-10-6-2)70-62-61-69-89(98)99-78-76-90-72-74-91(75-73-90)77-80-101-100-79-64-63-71-93(83-87(96)67-59-55-51-47-43-39-35-31-27-23-19-15-11-7-3)84-88(97)68-60-56-52-48-44-40-36-32-28-24-20-16-12-8-4/h21-28,33-40,85-88,94-97H,5-20,29-32,41-84H2,1-4H3/b25-21-,26-22-,27-23-,28-24-,37-33-,38-34-,39-35-,40-36-/t85-,86-,87+,88+/m1/s1. The van der Waals surface area contributed by atoms with Crippen molar-refractivity contribution in [3.8, 4) is 0 Å². The summed E-state index contributed by atoms with van der Waals surface area (Å²) in [6, 6.07) is 0. The molecule has 1 heterocycles. The topological polar surface area (TPSA) is 120 Å². The molecule has 588 valence electrons. The van der Waals surface area contributed by atoms with Gasteiger partial charge in [-0.3, -0.25) is 24.4 Å². The number of carbonyl (C=O) groups excluding carboxylic acids is 1. The van der Waals surface area contributed by atoms with Gasteiger partial charge in [0, 0.05) is 83.4 Å². The number of aliphatic hydroxyl groups is 4. The van der Waals surface area contributed by atoms with Crippen LogP contribution in [-0.2, 0) is 9.53 Å². The first kappa shape index (κ1) is 96.8. The third kappa shape index (κ3) is 71.8. The Labute approximate surface area is 633 Å². The van der Waals surface area contributed by atoms with Gasteiger partial charge in [-0.05, 0) is 193 Å². The molecule has 4 atom stereocenters. The van der Waals surface area contributed by atoms with E-state index in [1.165, 1.54) is 167 Å². The third-order valence-corrected chi connectivity index (χ3v) is 22.1. The summed E-state index contributed by atoms with van der Waals surface area (Å²) in [5.74, 6) is 2.10. The number of hydrogen-bond donors (Lipinski definition) is 4. The molecule has 0 spiro atoms. The fraction of sp³-hybridized carbons (Fsp3) is 0.809. The van der Waals surface area contributed by atoms with Gasteiger partial charge >= 0.3 is 5.97 Å². The van der Waals surface area contributed by atoms with Gasteiger partial charge in [0.1, 0.15) is 6.61 Å². The maximum absolute atomic E-state index is 12.9. The quantitative estimate of drug-likeness (QED) is 0.0201. The minimum absolute atomic E-state index is 0.124. The van der Waals surface area contributed by atoms with Gasteiger partial charge in [0.05, 0.1) is 24.4 Å². The number of aliphatic hydroxyl groups excluding tert-OH is 4. The molecule has 0 unspecified atom stereocenters. The van der Waals surface area contributed by atoms with Crippen LogP contribution in [-0.4, -0.2) is 167 Å². The number of hydrogen-bond acceptors (Lipinski definition) is 12. The van der Waals surface area contributed by atoms with E-state index in [4.69, 9.17) is 4.74 Å². The highest BCUT2D eigenvalue weighted by atomic mass is 33.1. The van der Waals surface area contributed by atoms with Crippen LogP contribution in [0, 0.1) is 0 Å². The van der Waals surface area contributed by atoms with Crippen molar-refractivity contribution in [2.75, 3.05) is 96.6 Å². The second-order valence-corrected chi connectivity index (χ2v) is 32.2. The number of allylic oxidation sites excluding steroid dienone is 16. The Morgan fingerprint density at radius 2 is 0.614 bits per heavy atom. The van der Waals surface area contributed by atoms with Crippen LogP contribution in [0.2, 0.25) is 0 Å². The molecule has 12 heteroatoms. The largest absolute Gasteiger partial charge is 0.464 e. The van der Waals surface area contributed by atoms with Crippen LogP contribution in [0.5, 0.6) is 0 Å². The van der Waals surface area contributed by atoms with Gasteiger partial charge in [0.2, 0.25) is 0 Å². The Bertz CT molecular complexity index is 1870. The predicted molar refractivity (Wildman–Crippen MR) is 448 cm³/mol. The van der Waals surface area contributed by atoms with E-state index in [-0.39, 0.29) is 18.2 Å². The van der Waals surface area contributed by atoms with Crippen molar-refractivity contribution in [2.24, 2.45) is 0 Å². The molecule has 1 saturated heterocycles. The van der Waals surface area contributed by atoms with Crippen molar-refractivity contribution in [1.29, 1.82) is 0 Å². The van der Waals surface area contributed by atoms with Crippen molar-refractivity contribution in [3.63, 3.8) is 0 Å². The molecule has 0 saturated carbocycles. The number of piperazine rings is 1. The van der Waals surface area contributed by atoms with Gasteiger partial charge in [-0.1, -0.05) is 275 Å². The zero-order valence-electron chi connectivity index (χ0n) is 66.5. The van der Waals surface area contributed by atoms with Crippen LogP contribution >= 0.6 is 21.6 Å².